The Labute approximate surface area is 169 Å². The molecule has 6 nitrogen and oxygen atoms in total. The van der Waals surface area contributed by atoms with Gasteiger partial charge in [0.15, 0.2) is 5.82 Å². The van der Waals surface area contributed by atoms with E-state index in [9.17, 15) is 9.90 Å². The van der Waals surface area contributed by atoms with Crippen LogP contribution in [0.4, 0.5) is 10.5 Å². The van der Waals surface area contributed by atoms with Crippen LogP contribution in [0.15, 0.2) is 75.8 Å². The Kier molecular flexibility index (Phi) is 3.79. The molecule has 0 aromatic heterocycles. The van der Waals surface area contributed by atoms with Crippen molar-refractivity contribution in [3.05, 3.63) is 75.7 Å². The second kappa shape index (κ2) is 6.12. The molecule has 5 rings (SSSR count). The maximum absolute atomic E-state index is 11.8. The van der Waals surface area contributed by atoms with Gasteiger partial charge >= 0.3 is 6.09 Å². The van der Waals surface area contributed by atoms with E-state index in [1.807, 2.05) is 34.1 Å². The van der Waals surface area contributed by atoms with Crippen molar-refractivity contribution in [2.24, 2.45) is 11.0 Å². The molecule has 3 aliphatic heterocycles. The van der Waals surface area contributed by atoms with Crippen molar-refractivity contribution < 1.29 is 9.90 Å². The summed E-state index contributed by atoms with van der Waals surface area (Å²) in [5, 5.41) is 15.3. The van der Waals surface area contributed by atoms with Crippen molar-refractivity contribution in [2.75, 3.05) is 11.2 Å². The number of amides is 1. The number of para-hydroxylation sites is 1. The molecule has 2 unspecified atom stereocenters. The smallest absolute Gasteiger partial charge is 0.434 e. The van der Waals surface area contributed by atoms with Gasteiger partial charge < -0.3 is 10.0 Å². The minimum atomic E-state index is -1.13. The van der Waals surface area contributed by atoms with Crippen molar-refractivity contribution in [3.8, 4) is 0 Å². The van der Waals surface area contributed by atoms with Gasteiger partial charge in [0.25, 0.3) is 0 Å². The number of halogens is 1. The Morgan fingerprint density at radius 3 is 2.82 bits per heavy atom. The lowest BCUT2D eigenvalue weighted by Crippen LogP contribution is -2.32. The standard InChI is InChI=1S/C20H17ClN4O2S/c1-12-7-8-16-18(12)13-9-23(15-6-4-3-5-14(15)21)10-17-24(19(13)28(16)2)11-22-25(17)20(26)27/h3-12H,1-2H3,(H,26,27). The van der Waals surface area contributed by atoms with Gasteiger partial charge in [-0.1, -0.05) is 42.8 Å². The first kappa shape index (κ1) is 17.3. The first-order valence-electron chi connectivity index (χ1n) is 8.76. The predicted molar refractivity (Wildman–Crippen MR) is 114 cm³/mol. The molecule has 0 bridgehead atoms. The predicted octanol–water partition coefficient (Wildman–Crippen LogP) is 4.58. The zero-order valence-electron chi connectivity index (χ0n) is 15.2. The molecule has 1 aromatic carbocycles. The van der Waals surface area contributed by atoms with Crippen molar-refractivity contribution in [1.82, 2.24) is 9.91 Å². The van der Waals surface area contributed by atoms with Crippen LogP contribution < -0.4 is 4.90 Å². The van der Waals surface area contributed by atoms with E-state index >= 15 is 0 Å². The van der Waals surface area contributed by atoms with Crippen molar-refractivity contribution in [1.29, 1.82) is 0 Å². The van der Waals surface area contributed by atoms with Crippen LogP contribution in [0.1, 0.15) is 6.92 Å². The number of anilines is 1. The summed E-state index contributed by atoms with van der Waals surface area (Å²) in [6, 6.07) is 7.53. The van der Waals surface area contributed by atoms with E-state index < -0.39 is 6.09 Å². The quantitative estimate of drug-likeness (QED) is 0.685. The topological polar surface area (TPSA) is 59.4 Å². The summed E-state index contributed by atoms with van der Waals surface area (Å²) < 4.78 is 0. The van der Waals surface area contributed by atoms with E-state index in [1.54, 1.807) is 12.5 Å². The maximum atomic E-state index is 11.8. The second-order valence-corrected chi connectivity index (χ2v) is 9.08. The van der Waals surface area contributed by atoms with Crippen LogP contribution in [0.3, 0.4) is 0 Å². The number of rotatable bonds is 1. The van der Waals surface area contributed by atoms with Crippen molar-refractivity contribution in [2.45, 2.75) is 6.92 Å². The fourth-order valence-corrected chi connectivity index (χ4v) is 6.20. The Hall–Kier alpha value is -2.77. The van der Waals surface area contributed by atoms with Crippen LogP contribution >= 0.6 is 22.1 Å². The van der Waals surface area contributed by atoms with E-state index in [0.717, 1.165) is 21.3 Å². The fourth-order valence-electron chi connectivity index (χ4n) is 3.92. The number of fused-ring (bicyclic) bond motifs is 4. The van der Waals surface area contributed by atoms with E-state index in [2.05, 4.69) is 36.6 Å². The summed E-state index contributed by atoms with van der Waals surface area (Å²) in [5.74, 6) is 0.768. The molecule has 0 fully saturated rings. The zero-order valence-corrected chi connectivity index (χ0v) is 16.8. The van der Waals surface area contributed by atoms with Gasteiger partial charge in [-0.2, -0.15) is 5.10 Å². The molecule has 8 heteroatoms. The molecule has 1 amide bonds. The molecule has 3 heterocycles. The number of benzene rings is 1. The van der Waals surface area contributed by atoms with Gasteiger partial charge in [-0.3, -0.25) is 4.90 Å². The van der Waals surface area contributed by atoms with Crippen LogP contribution in [0.5, 0.6) is 0 Å². The van der Waals surface area contributed by atoms with Gasteiger partial charge in [-0.15, -0.1) is 15.5 Å². The number of carbonyl (C=O) groups is 1. The van der Waals surface area contributed by atoms with Gasteiger partial charge in [0.05, 0.1) is 21.9 Å². The Bertz CT molecular complexity index is 1110. The summed E-state index contributed by atoms with van der Waals surface area (Å²) in [7, 11) is -0.186. The molecule has 0 radical (unpaired) electrons. The van der Waals surface area contributed by atoms with Gasteiger partial charge in [0, 0.05) is 22.6 Å². The highest BCUT2D eigenvalue weighted by atomic mass is 35.5. The molecule has 0 saturated carbocycles. The summed E-state index contributed by atoms with van der Waals surface area (Å²) in [6.07, 6.45) is 10.9. The van der Waals surface area contributed by atoms with E-state index in [0.29, 0.717) is 16.8 Å². The molecule has 142 valence electrons. The molecule has 1 N–H and O–H groups in total. The summed E-state index contributed by atoms with van der Waals surface area (Å²) in [6.45, 7) is 2.18. The number of hydrogen-bond acceptors (Lipinski definition) is 4. The third kappa shape index (κ3) is 2.33. The highest BCUT2D eigenvalue weighted by Crippen LogP contribution is 2.50. The minimum absolute atomic E-state index is 0.186. The third-order valence-corrected chi connectivity index (χ3v) is 7.53. The maximum Gasteiger partial charge on any atom is 0.434 e. The monoisotopic (exact) mass is 412 g/mol. The van der Waals surface area contributed by atoms with Gasteiger partial charge in [-0.05, 0) is 24.0 Å². The lowest BCUT2D eigenvalue weighted by molar-refractivity contribution is 0.159. The van der Waals surface area contributed by atoms with E-state index in [1.165, 1.54) is 10.5 Å². The average Bonchev–Trinajstić information content (AvgIpc) is 3.28. The molecule has 28 heavy (non-hydrogen) atoms. The van der Waals surface area contributed by atoms with Crippen LogP contribution in [0.25, 0.3) is 0 Å². The number of hydrogen-bond donors (Lipinski definition) is 1. The summed E-state index contributed by atoms with van der Waals surface area (Å²) in [5.41, 5.74) is 3.17. The number of hydrazone groups is 1. The third-order valence-electron chi connectivity index (χ3n) is 5.20. The largest absolute Gasteiger partial charge is 0.463 e. The molecule has 1 aliphatic carbocycles. The first-order valence-corrected chi connectivity index (χ1v) is 10.8. The highest BCUT2D eigenvalue weighted by molar-refractivity contribution is 8.19. The fraction of sp³-hybridized carbons (Fsp3) is 0.150. The summed E-state index contributed by atoms with van der Waals surface area (Å²) in [4.78, 5) is 17.9. The summed E-state index contributed by atoms with van der Waals surface area (Å²) >= 11 is 6.46. The lowest BCUT2D eigenvalue weighted by atomic mass is 9.97. The van der Waals surface area contributed by atoms with Crippen LogP contribution in [-0.4, -0.2) is 38.7 Å². The zero-order chi connectivity index (χ0) is 19.6. The highest BCUT2D eigenvalue weighted by Gasteiger charge is 2.40. The molecular formula is C20H17ClN4O2S. The van der Waals surface area contributed by atoms with Crippen LogP contribution in [-0.2, 0) is 0 Å². The van der Waals surface area contributed by atoms with Crippen LogP contribution in [0, 0.1) is 5.92 Å². The van der Waals surface area contributed by atoms with Crippen molar-refractivity contribution in [3.63, 3.8) is 0 Å². The minimum Gasteiger partial charge on any atom is -0.463 e. The SMILES string of the molecule is CC1C=CC2=C1C1=CN(c3ccccc3Cl)C=C3N(C=NN3C(=O)O)C1=S2C. The molecule has 0 spiro atoms. The number of carboxylic acid groups (broad SMARTS) is 1. The van der Waals surface area contributed by atoms with Gasteiger partial charge in [-0.25, -0.2) is 4.79 Å². The first-order chi connectivity index (χ1) is 13.5. The van der Waals surface area contributed by atoms with Gasteiger partial charge in [0.2, 0.25) is 0 Å². The van der Waals surface area contributed by atoms with E-state index in [4.69, 9.17) is 11.6 Å². The van der Waals surface area contributed by atoms with E-state index in [-0.39, 0.29) is 10.5 Å². The normalized spacial score (nSPS) is 25.0. The molecule has 0 saturated heterocycles. The van der Waals surface area contributed by atoms with Gasteiger partial charge in [0.1, 0.15) is 6.34 Å². The van der Waals surface area contributed by atoms with Crippen molar-refractivity contribution >= 4 is 45.2 Å². The van der Waals surface area contributed by atoms with Crippen LogP contribution in [0.2, 0.25) is 5.02 Å². The Balaban J connectivity index is 1.75. The molecule has 4 aliphatic rings. The Morgan fingerprint density at radius 2 is 2.07 bits per heavy atom. The lowest BCUT2D eigenvalue weighted by Gasteiger charge is -2.22. The number of nitrogens with zero attached hydrogens (tertiary/aromatic N) is 4. The second-order valence-electron chi connectivity index (χ2n) is 6.83. The molecule has 1 aromatic rings. The Morgan fingerprint density at radius 1 is 1.29 bits per heavy atom. The average molecular weight is 413 g/mol. The molecular weight excluding hydrogens is 396 g/mol. The number of allylic oxidation sites excluding steroid dienone is 2. The molecule has 2 atom stereocenters.